The molecular weight excluding hydrogens is 376 g/mol. The molecule has 0 saturated carbocycles. The molecule has 1 fully saturated rings. The van der Waals surface area contributed by atoms with Crippen LogP contribution in [0.1, 0.15) is 65.7 Å². The molecule has 4 rings (SSSR count). The SMILES string of the molecule is Cn1ccc2c1C(=O)N(CCCCN1CCC(c3ccccc3)CC1)CCC2N=O. The first-order valence-corrected chi connectivity index (χ1v) is 11.2. The number of likely N-dealkylation sites (tertiary alicyclic amines) is 1. The molecule has 1 saturated heterocycles. The zero-order chi connectivity index (χ0) is 20.9. The average molecular weight is 409 g/mol. The molecule has 0 spiro atoms. The van der Waals surface area contributed by atoms with E-state index < -0.39 is 6.04 Å². The molecule has 0 bridgehead atoms. The first-order valence-electron chi connectivity index (χ1n) is 11.2. The standard InChI is InChI=1S/C24H32N4O2/c1-26-15-11-21-22(25-30)12-18-28(24(29)23(21)26)14-6-5-13-27-16-9-20(10-17-27)19-7-3-2-4-8-19/h2-4,7-8,11,15,20,22H,5-6,9-10,12-14,16-18H2,1H3. The highest BCUT2D eigenvalue weighted by atomic mass is 16.3. The van der Waals surface area contributed by atoms with Crippen molar-refractivity contribution < 1.29 is 4.79 Å². The number of unbranched alkanes of at least 4 members (excludes halogenated alkanes) is 1. The van der Waals surface area contributed by atoms with Gasteiger partial charge in [-0.2, -0.15) is 4.91 Å². The maximum absolute atomic E-state index is 13.0. The first-order chi connectivity index (χ1) is 14.7. The zero-order valence-corrected chi connectivity index (χ0v) is 17.9. The molecule has 2 aromatic rings. The normalized spacial score (nSPS) is 20.8. The number of hydrogen-bond acceptors (Lipinski definition) is 4. The second-order valence-electron chi connectivity index (χ2n) is 8.67. The molecular formula is C24H32N4O2. The molecule has 0 aliphatic carbocycles. The lowest BCUT2D eigenvalue weighted by molar-refractivity contribution is 0.0745. The second kappa shape index (κ2) is 9.56. The fourth-order valence-electron chi connectivity index (χ4n) is 4.95. The minimum Gasteiger partial charge on any atom is -0.346 e. The minimum absolute atomic E-state index is 0.0346. The summed E-state index contributed by atoms with van der Waals surface area (Å²) in [5.41, 5.74) is 2.88. The number of carbonyl (C=O) groups excluding carboxylic acids is 1. The van der Waals surface area contributed by atoms with Crippen LogP contribution >= 0.6 is 0 Å². The van der Waals surface area contributed by atoms with Crippen LogP contribution in [-0.4, -0.2) is 53.0 Å². The van der Waals surface area contributed by atoms with Gasteiger partial charge in [0, 0.05) is 31.9 Å². The number of benzene rings is 1. The van der Waals surface area contributed by atoms with E-state index in [1.165, 1.54) is 18.4 Å². The number of amides is 1. The Bertz CT molecular complexity index is 855. The van der Waals surface area contributed by atoms with E-state index in [4.69, 9.17) is 0 Å². The van der Waals surface area contributed by atoms with Crippen LogP contribution < -0.4 is 0 Å². The summed E-state index contributed by atoms with van der Waals surface area (Å²) in [4.78, 5) is 28.7. The number of carbonyl (C=O) groups is 1. The molecule has 0 N–H and O–H groups in total. The van der Waals surface area contributed by atoms with Crippen LogP contribution in [0.3, 0.4) is 0 Å². The van der Waals surface area contributed by atoms with Crippen molar-refractivity contribution in [1.29, 1.82) is 0 Å². The second-order valence-corrected chi connectivity index (χ2v) is 8.67. The van der Waals surface area contributed by atoms with Crippen LogP contribution in [0.25, 0.3) is 0 Å². The van der Waals surface area contributed by atoms with E-state index >= 15 is 0 Å². The quantitative estimate of drug-likeness (QED) is 0.506. The van der Waals surface area contributed by atoms with E-state index in [1.54, 1.807) is 0 Å². The van der Waals surface area contributed by atoms with Gasteiger partial charge >= 0.3 is 0 Å². The van der Waals surface area contributed by atoms with Crippen LogP contribution in [0.4, 0.5) is 0 Å². The topological polar surface area (TPSA) is 57.9 Å². The first kappa shape index (κ1) is 20.8. The summed E-state index contributed by atoms with van der Waals surface area (Å²) in [7, 11) is 1.86. The predicted octanol–water partition coefficient (Wildman–Crippen LogP) is 4.34. The summed E-state index contributed by atoms with van der Waals surface area (Å²) in [5.74, 6) is 0.725. The van der Waals surface area contributed by atoms with E-state index in [-0.39, 0.29) is 5.91 Å². The lowest BCUT2D eigenvalue weighted by atomic mass is 9.89. The van der Waals surface area contributed by atoms with Gasteiger partial charge < -0.3 is 14.4 Å². The molecule has 1 atom stereocenters. The smallest absolute Gasteiger partial charge is 0.270 e. The number of nitrogens with zero attached hydrogens (tertiary/aromatic N) is 4. The number of piperidine rings is 1. The van der Waals surface area contributed by atoms with Gasteiger partial charge in [-0.1, -0.05) is 35.5 Å². The van der Waals surface area contributed by atoms with Gasteiger partial charge in [-0.05, 0) is 69.3 Å². The monoisotopic (exact) mass is 408 g/mol. The Morgan fingerprint density at radius 2 is 1.70 bits per heavy atom. The van der Waals surface area contributed by atoms with Crippen molar-refractivity contribution in [2.45, 2.75) is 44.1 Å². The largest absolute Gasteiger partial charge is 0.346 e. The van der Waals surface area contributed by atoms with E-state index in [2.05, 4.69) is 40.4 Å². The van der Waals surface area contributed by atoms with Crippen LogP contribution in [-0.2, 0) is 7.05 Å². The zero-order valence-electron chi connectivity index (χ0n) is 17.9. The van der Waals surface area contributed by atoms with E-state index in [9.17, 15) is 9.70 Å². The van der Waals surface area contributed by atoms with Crippen molar-refractivity contribution in [3.63, 3.8) is 0 Å². The van der Waals surface area contributed by atoms with E-state index in [0.717, 1.165) is 44.6 Å². The molecule has 2 aliphatic heterocycles. The summed E-state index contributed by atoms with van der Waals surface area (Å²) < 4.78 is 1.82. The molecule has 1 unspecified atom stereocenters. The summed E-state index contributed by atoms with van der Waals surface area (Å²) >= 11 is 0. The third-order valence-electron chi connectivity index (χ3n) is 6.76. The lowest BCUT2D eigenvalue weighted by Gasteiger charge is -2.32. The number of hydrogen-bond donors (Lipinski definition) is 0. The van der Waals surface area contributed by atoms with Crippen molar-refractivity contribution >= 4 is 5.91 Å². The molecule has 1 aromatic heterocycles. The number of rotatable bonds is 7. The number of aryl methyl sites for hydroxylation is 1. The molecule has 6 heteroatoms. The van der Waals surface area contributed by atoms with Crippen molar-refractivity contribution in [2.24, 2.45) is 12.2 Å². The van der Waals surface area contributed by atoms with Gasteiger partial charge in [0.25, 0.3) is 5.91 Å². The van der Waals surface area contributed by atoms with Crippen molar-refractivity contribution in [3.8, 4) is 0 Å². The van der Waals surface area contributed by atoms with Crippen LogP contribution in [0.2, 0.25) is 0 Å². The van der Waals surface area contributed by atoms with Crippen molar-refractivity contribution in [1.82, 2.24) is 14.4 Å². The Morgan fingerprint density at radius 3 is 2.43 bits per heavy atom. The molecule has 3 heterocycles. The molecule has 1 amide bonds. The maximum Gasteiger partial charge on any atom is 0.270 e. The van der Waals surface area contributed by atoms with E-state index in [1.807, 2.05) is 28.8 Å². The van der Waals surface area contributed by atoms with Crippen molar-refractivity contribution in [2.75, 3.05) is 32.7 Å². The molecule has 6 nitrogen and oxygen atoms in total. The Hall–Kier alpha value is -2.47. The fourth-order valence-corrected chi connectivity index (χ4v) is 4.95. The highest BCUT2D eigenvalue weighted by Crippen LogP contribution is 2.30. The van der Waals surface area contributed by atoms with Gasteiger partial charge in [0.2, 0.25) is 0 Å². The Balaban J connectivity index is 1.23. The van der Waals surface area contributed by atoms with Crippen LogP contribution in [0, 0.1) is 4.91 Å². The van der Waals surface area contributed by atoms with Crippen LogP contribution in [0.15, 0.2) is 47.8 Å². The number of aromatic nitrogens is 1. The van der Waals surface area contributed by atoms with Gasteiger partial charge in [0.1, 0.15) is 11.7 Å². The van der Waals surface area contributed by atoms with Gasteiger partial charge in [-0.15, -0.1) is 0 Å². The Morgan fingerprint density at radius 1 is 0.967 bits per heavy atom. The molecule has 30 heavy (non-hydrogen) atoms. The van der Waals surface area contributed by atoms with Gasteiger partial charge in [-0.25, -0.2) is 0 Å². The molecule has 2 aliphatic rings. The highest BCUT2D eigenvalue weighted by Gasteiger charge is 2.31. The maximum atomic E-state index is 13.0. The molecule has 1 aromatic carbocycles. The molecule has 0 radical (unpaired) electrons. The predicted molar refractivity (Wildman–Crippen MR) is 119 cm³/mol. The minimum atomic E-state index is -0.416. The third kappa shape index (κ3) is 4.48. The lowest BCUT2D eigenvalue weighted by Crippen LogP contribution is -2.35. The highest BCUT2D eigenvalue weighted by molar-refractivity contribution is 5.94. The van der Waals surface area contributed by atoms with E-state index in [0.29, 0.717) is 24.6 Å². The number of nitroso groups, excluding NO2 is 1. The average Bonchev–Trinajstić information content (AvgIpc) is 3.10. The van der Waals surface area contributed by atoms with Crippen molar-refractivity contribution in [3.05, 3.63) is 64.3 Å². The summed E-state index contributed by atoms with van der Waals surface area (Å²) in [6.45, 7) is 4.75. The Labute approximate surface area is 178 Å². The summed E-state index contributed by atoms with van der Waals surface area (Å²) in [6.07, 6.45) is 7.00. The fraction of sp³-hybridized carbons (Fsp3) is 0.542. The summed E-state index contributed by atoms with van der Waals surface area (Å²) in [5, 5.41) is 3.27. The Kier molecular flexibility index (Phi) is 6.62. The van der Waals surface area contributed by atoms with Gasteiger partial charge in [0.15, 0.2) is 0 Å². The van der Waals surface area contributed by atoms with Crippen LogP contribution in [0.5, 0.6) is 0 Å². The van der Waals surface area contributed by atoms with Gasteiger partial charge in [-0.3, -0.25) is 4.79 Å². The molecule has 160 valence electrons. The van der Waals surface area contributed by atoms with Gasteiger partial charge in [0.05, 0.1) is 0 Å². The summed E-state index contributed by atoms with van der Waals surface area (Å²) in [6, 6.07) is 12.3. The third-order valence-corrected chi connectivity index (χ3v) is 6.76. The number of fused-ring (bicyclic) bond motifs is 1.